The first-order chi connectivity index (χ1) is 8.25. The molecule has 2 aromatic heterocycles. The Morgan fingerprint density at radius 1 is 1.12 bits per heavy atom. The lowest BCUT2D eigenvalue weighted by atomic mass is 9.95. The largest absolute Gasteiger partial charge is 0.312 e. The topological polar surface area (TPSA) is 43.6 Å². The van der Waals surface area contributed by atoms with Gasteiger partial charge < -0.3 is 4.57 Å². The van der Waals surface area contributed by atoms with E-state index in [0.717, 1.165) is 5.65 Å². The lowest BCUT2D eigenvalue weighted by molar-refractivity contribution is 0.358. The van der Waals surface area contributed by atoms with Crippen molar-refractivity contribution in [2.75, 3.05) is 0 Å². The Hall–Kier alpha value is -0.870. The smallest absolute Gasteiger partial charge is 0.225 e. The van der Waals surface area contributed by atoms with Gasteiger partial charge in [0.15, 0.2) is 10.8 Å². The minimum absolute atomic E-state index is 0.181. The van der Waals surface area contributed by atoms with Gasteiger partial charge in [-0.2, -0.15) is 4.98 Å². The molecule has 2 aromatic rings. The van der Waals surface area contributed by atoms with Gasteiger partial charge in [-0.1, -0.05) is 30.9 Å². The summed E-state index contributed by atoms with van der Waals surface area (Å²) in [5.74, 6) is 0. The van der Waals surface area contributed by atoms with Crippen LogP contribution in [0.1, 0.15) is 38.1 Å². The average Bonchev–Trinajstić information content (AvgIpc) is 2.74. The zero-order chi connectivity index (χ0) is 11.8. The number of nitrogens with zero attached hydrogens (tertiary/aromatic N) is 4. The first-order valence-corrected chi connectivity index (χ1v) is 6.57. The summed E-state index contributed by atoms with van der Waals surface area (Å²) < 4.78 is 2.09. The summed E-state index contributed by atoms with van der Waals surface area (Å²) in [6.07, 6.45) is 7.99. The predicted molar refractivity (Wildman–Crippen MR) is 67.5 cm³/mol. The zero-order valence-corrected chi connectivity index (χ0v) is 10.7. The van der Waals surface area contributed by atoms with E-state index in [1.165, 1.54) is 32.1 Å². The van der Waals surface area contributed by atoms with Crippen molar-refractivity contribution in [3.8, 4) is 0 Å². The molecule has 1 saturated carbocycles. The molecule has 1 aliphatic carbocycles. The summed E-state index contributed by atoms with van der Waals surface area (Å²) in [4.78, 5) is 12.4. The minimum atomic E-state index is 0.181. The highest BCUT2D eigenvalue weighted by Gasteiger charge is 2.19. The van der Waals surface area contributed by atoms with Crippen LogP contribution in [0.2, 0.25) is 10.4 Å². The Morgan fingerprint density at radius 2 is 1.88 bits per heavy atom. The van der Waals surface area contributed by atoms with Crippen molar-refractivity contribution in [1.29, 1.82) is 0 Å². The highest BCUT2D eigenvalue weighted by molar-refractivity contribution is 6.35. The van der Waals surface area contributed by atoms with Crippen molar-refractivity contribution in [3.63, 3.8) is 0 Å². The zero-order valence-electron chi connectivity index (χ0n) is 9.24. The Balaban J connectivity index is 2.10. The van der Waals surface area contributed by atoms with Gasteiger partial charge in [0.2, 0.25) is 5.28 Å². The van der Waals surface area contributed by atoms with E-state index >= 15 is 0 Å². The van der Waals surface area contributed by atoms with Crippen LogP contribution in [0.3, 0.4) is 0 Å². The van der Waals surface area contributed by atoms with Gasteiger partial charge in [0, 0.05) is 6.04 Å². The summed E-state index contributed by atoms with van der Waals surface area (Å²) in [7, 11) is 0. The van der Waals surface area contributed by atoms with Gasteiger partial charge in [0.25, 0.3) is 0 Å². The highest BCUT2D eigenvalue weighted by atomic mass is 35.5. The van der Waals surface area contributed by atoms with Crippen molar-refractivity contribution in [2.45, 2.75) is 38.1 Å². The molecule has 0 N–H and O–H groups in total. The van der Waals surface area contributed by atoms with Crippen LogP contribution in [-0.4, -0.2) is 19.5 Å². The Bertz CT molecular complexity index is 546. The molecule has 0 bridgehead atoms. The maximum absolute atomic E-state index is 6.00. The molecule has 0 unspecified atom stereocenters. The molecule has 0 amide bonds. The Kier molecular flexibility index (Phi) is 2.92. The van der Waals surface area contributed by atoms with Crippen LogP contribution in [0.15, 0.2) is 6.33 Å². The fourth-order valence-corrected chi connectivity index (χ4v) is 2.90. The van der Waals surface area contributed by atoms with Gasteiger partial charge in [-0.25, -0.2) is 9.97 Å². The van der Waals surface area contributed by atoms with E-state index in [9.17, 15) is 0 Å². The normalized spacial score (nSPS) is 17.8. The van der Waals surface area contributed by atoms with Crippen LogP contribution in [0.4, 0.5) is 0 Å². The summed E-state index contributed by atoms with van der Waals surface area (Å²) in [5, 5.41) is 0.509. The molecule has 2 heterocycles. The van der Waals surface area contributed by atoms with Crippen LogP contribution >= 0.6 is 23.2 Å². The number of rotatable bonds is 1. The third-order valence-electron chi connectivity index (χ3n) is 3.32. The molecule has 0 saturated heterocycles. The van der Waals surface area contributed by atoms with Gasteiger partial charge in [0.1, 0.15) is 5.52 Å². The van der Waals surface area contributed by atoms with Crippen LogP contribution in [-0.2, 0) is 0 Å². The molecule has 4 nitrogen and oxygen atoms in total. The Labute approximate surface area is 109 Å². The molecule has 0 aliphatic heterocycles. The SMILES string of the molecule is Clc1nc(Cl)c2ncn(C3CCCCC3)c2n1. The number of hydrogen-bond acceptors (Lipinski definition) is 3. The molecule has 17 heavy (non-hydrogen) atoms. The third-order valence-corrected chi connectivity index (χ3v) is 3.75. The lowest BCUT2D eigenvalue weighted by Gasteiger charge is -2.23. The molecule has 1 fully saturated rings. The fourth-order valence-electron chi connectivity index (χ4n) is 2.48. The first kappa shape index (κ1) is 11.2. The number of imidazole rings is 1. The van der Waals surface area contributed by atoms with Crippen molar-refractivity contribution in [1.82, 2.24) is 19.5 Å². The van der Waals surface area contributed by atoms with E-state index in [4.69, 9.17) is 23.2 Å². The molecule has 0 spiro atoms. The van der Waals surface area contributed by atoms with Crippen molar-refractivity contribution < 1.29 is 0 Å². The van der Waals surface area contributed by atoms with Crippen LogP contribution in [0, 0.1) is 0 Å². The van der Waals surface area contributed by atoms with Crippen LogP contribution in [0.25, 0.3) is 11.2 Å². The first-order valence-electron chi connectivity index (χ1n) is 5.81. The monoisotopic (exact) mass is 270 g/mol. The van der Waals surface area contributed by atoms with Gasteiger partial charge in [-0.05, 0) is 24.4 Å². The quantitative estimate of drug-likeness (QED) is 0.587. The van der Waals surface area contributed by atoms with Gasteiger partial charge in [-0.3, -0.25) is 0 Å². The lowest BCUT2D eigenvalue weighted by Crippen LogP contribution is -2.12. The number of fused-ring (bicyclic) bond motifs is 1. The number of hydrogen-bond donors (Lipinski definition) is 0. The average molecular weight is 271 g/mol. The van der Waals surface area contributed by atoms with Gasteiger partial charge >= 0.3 is 0 Å². The second kappa shape index (κ2) is 4.42. The van der Waals surface area contributed by atoms with E-state index in [1.807, 2.05) is 0 Å². The van der Waals surface area contributed by atoms with Crippen molar-refractivity contribution in [2.24, 2.45) is 0 Å². The summed E-state index contributed by atoms with van der Waals surface area (Å²) in [6, 6.07) is 0.468. The van der Waals surface area contributed by atoms with E-state index in [1.54, 1.807) is 6.33 Å². The molecule has 3 rings (SSSR count). The van der Waals surface area contributed by atoms with E-state index in [2.05, 4.69) is 19.5 Å². The minimum Gasteiger partial charge on any atom is -0.312 e. The van der Waals surface area contributed by atoms with Gasteiger partial charge in [0.05, 0.1) is 6.33 Å². The molecular formula is C11H12Cl2N4. The second-order valence-corrected chi connectivity index (χ2v) is 5.10. The summed E-state index contributed by atoms with van der Waals surface area (Å²) in [5.41, 5.74) is 1.39. The van der Waals surface area contributed by atoms with Crippen LogP contribution < -0.4 is 0 Å². The maximum Gasteiger partial charge on any atom is 0.225 e. The van der Waals surface area contributed by atoms with Crippen molar-refractivity contribution >= 4 is 34.4 Å². The number of aromatic nitrogens is 4. The number of halogens is 2. The molecule has 0 radical (unpaired) electrons. The van der Waals surface area contributed by atoms with E-state index in [-0.39, 0.29) is 5.28 Å². The molecular weight excluding hydrogens is 259 g/mol. The predicted octanol–water partition coefficient (Wildman–Crippen LogP) is 3.64. The molecule has 0 aromatic carbocycles. The molecule has 6 heteroatoms. The van der Waals surface area contributed by atoms with Crippen LogP contribution in [0.5, 0.6) is 0 Å². The third kappa shape index (κ3) is 2.00. The highest BCUT2D eigenvalue weighted by Crippen LogP contribution is 2.31. The summed E-state index contributed by atoms with van der Waals surface area (Å²) >= 11 is 11.8. The molecule has 0 atom stereocenters. The van der Waals surface area contributed by atoms with Crippen molar-refractivity contribution in [3.05, 3.63) is 16.8 Å². The Morgan fingerprint density at radius 3 is 2.65 bits per heavy atom. The maximum atomic E-state index is 6.00. The van der Waals surface area contributed by atoms with Gasteiger partial charge in [-0.15, -0.1) is 0 Å². The fraction of sp³-hybridized carbons (Fsp3) is 0.545. The van der Waals surface area contributed by atoms with E-state index < -0.39 is 0 Å². The van der Waals surface area contributed by atoms with E-state index in [0.29, 0.717) is 16.7 Å². The standard InChI is InChI=1S/C11H12Cl2N4/c12-9-8-10(16-11(13)15-9)17(6-14-8)7-4-2-1-3-5-7/h6-7H,1-5H2. The summed E-state index contributed by atoms with van der Waals surface area (Å²) in [6.45, 7) is 0. The second-order valence-electron chi connectivity index (χ2n) is 4.40. The molecule has 1 aliphatic rings. The molecule has 90 valence electrons.